The van der Waals surface area contributed by atoms with Gasteiger partial charge in [0.1, 0.15) is 17.1 Å². The number of carboxylic acid groups (broad SMARTS) is 1. The summed E-state index contributed by atoms with van der Waals surface area (Å²) in [6, 6.07) is 9.08. The van der Waals surface area contributed by atoms with Gasteiger partial charge in [0.15, 0.2) is 0 Å². The number of thioether (sulfide) groups is 1. The van der Waals surface area contributed by atoms with Crippen LogP contribution in [0.25, 0.3) is 0 Å². The molecule has 2 atom stereocenters. The van der Waals surface area contributed by atoms with Crippen molar-refractivity contribution >= 4 is 57.1 Å². The van der Waals surface area contributed by atoms with Crippen molar-refractivity contribution in [3.8, 4) is 0 Å². The number of amides is 2. The standard InChI is InChI=1S/C22H22N4O6S3/c1-13-5-7-16(8-6-13)35(31,32)25(2)23-11-14-12-34-21-18(20(28)26(21)19(14)22(29)30)24-17(27)10-15-4-3-9-33-15/h3-9,11,18,21H,10,12H2,1-2H3,(H,24,27)(H,29,30)/b23-11+/t18-,21-/m1/s1. The lowest BCUT2D eigenvalue weighted by atomic mass is 10.0. The molecule has 1 fully saturated rings. The number of thiophene rings is 1. The maximum atomic E-state index is 12.8. The van der Waals surface area contributed by atoms with E-state index >= 15 is 0 Å². The first kappa shape index (κ1) is 24.9. The summed E-state index contributed by atoms with van der Waals surface area (Å²) in [5.74, 6) is -2.01. The third-order valence-corrected chi connectivity index (χ3v) is 9.31. The number of hydrogen-bond acceptors (Lipinski definition) is 8. The van der Waals surface area contributed by atoms with Crippen molar-refractivity contribution < 1.29 is 27.9 Å². The molecular formula is C22H22N4O6S3. The highest BCUT2D eigenvalue weighted by Crippen LogP contribution is 2.40. The molecule has 0 radical (unpaired) electrons. The lowest BCUT2D eigenvalue weighted by molar-refractivity contribution is -0.150. The van der Waals surface area contributed by atoms with Gasteiger partial charge in [-0.15, -0.1) is 23.1 Å². The summed E-state index contributed by atoms with van der Waals surface area (Å²) in [5, 5.41) is 17.7. The Morgan fingerprint density at radius 1 is 1.29 bits per heavy atom. The van der Waals surface area contributed by atoms with Crippen LogP contribution in [0.2, 0.25) is 0 Å². The van der Waals surface area contributed by atoms with E-state index in [0.29, 0.717) is 0 Å². The van der Waals surface area contributed by atoms with Crippen molar-refractivity contribution in [2.45, 2.75) is 29.7 Å². The van der Waals surface area contributed by atoms with Crippen LogP contribution in [0.4, 0.5) is 0 Å². The fourth-order valence-electron chi connectivity index (χ4n) is 3.61. The molecule has 0 spiro atoms. The Balaban J connectivity index is 1.49. The highest BCUT2D eigenvalue weighted by atomic mass is 32.2. The van der Waals surface area contributed by atoms with E-state index in [1.54, 1.807) is 12.1 Å². The van der Waals surface area contributed by atoms with E-state index in [-0.39, 0.29) is 34.2 Å². The molecule has 4 rings (SSSR count). The second-order valence-electron chi connectivity index (χ2n) is 7.89. The summed E-state index contributed by atoms with van der Waals surface area (Å²) < 4.78 is 26.2. The smallest absolute Gasteiger partial charge is 0.353 e. The number of sulfonamides is 1. The van der Waals surface area contributed by atoms with Crippen molar-refractivity contribution in [3.05, 3.63) is 63.5 Å². The Kier molecular flexibility index (Phi) is 7.01. The van der Waals surface area contributed by atoms with E-state index < -0.39 is 33.3 Å². The van der Waals surface area contributed by atoms with Gasteiger partial charge >= 0.3 is 5.97 Å². The molecule has 0 bridgehead atoms. The number of carbonyl (C=O) groups excluding carboxylic acids is 2. The van der Waals surface area contributed by atoms with Gasteiger partial charge in [0, 0.05) is 23.3 Å². The van der Waals surface area contributed by atoms with Crippen LogP contribution in [0.5, 0.6) is 0 Å². The van der Waals surface area contributed by atoms with Crippen molar-refractivity contribution in [3.63, 3.8) is 0 Å². The van der Waals surface area contributed by atoms with E-state index in [9.17, 15) is 27.9 Å². The Labute approximate surface area is 210 Å². The van der Waals surface area contributed by atoms with Gasteiger partial charge in [0.2, 0.25) is 5.91 Å². The second kappa shape index (κ2) is 9.84. The number of hydrogen-bond donors (Lipinski definition) is 2. The molecule has 184 valence electrons. The summed E-state index contributed by atoms with van der Waals surface area (Å²) in [6.45, 7) is 1.84. The number of nitrogens with zero attached hydrogens (tertiary/aromatic N) is 3. The van der Waals surface area contributed by atoms with Crippen LogP contribution >= 0.6 is 23.1 Å². The normalized spacial score (nSPS) is 19.9. The highest BCUT2D eigenvalue weighted by molar-refractivity contribution is 8.00. The van der Waals surface area contributed by atoms with Gasteiger partial charge in [-0.1, -0.05) is 23.8 Å². The quantitative estimate of drug-likeness (QED) is 0.298. The van der Waals surface area contributed by atoms with E-state index in [1.807, 2.05) is 24.4 Å². The number of aliphatic carboxylic acids is 1. The Morgan fingerprint density at radius 2 is 2.00 bits per heavy atom. The van der Waals surface area contributed by atoms with E-state index in [0.717, 1.165) is 26.0 Å². The molecule has 3 heterocycles. The lowest BCUT2D eigenvalue weighted by Crippen LogP contribution is -2.70. The van der Waals surface area contributed by atoms with Crippen molar-refractivity contribution in [2.24, 2.45) is 5.10 Å². The molecule has 1 saturated heterocycles. The largest absolute Gasteiger partial charge is 0.477 e. The number of fused-ring (bicyclic) bond motifs is 1. The molecule has 0 saturated carbocycles. The van der Waals surface area contributed by atoms with Crippen molar-refractivity contribution in [1.82, 2.24) is 14.6 Å². The van der Waals surface area contributed by atoms with Crippen LogP contribution in [0, 0.1) is 6.92 Å². The molecule has 0 aliphatic carbocycles. The Hall–Kier alpha value is -3.16. The number of aryl methyl sites for hydroxylation is 1. The lowest BCUT2D eigenvalue weighted by Gasteiger charge is -2.49. The average Bonchev–Trinajstić information content (AvgIpc) is 3.33. The molecule has 1 aromatic heterocycles. The fourth-order valence-corrected chi connectivity index (χ4v) is 6.57. The van der Waals surface area contributed by atoms with Crippen molar-refractivity contribution in [1.29, 1.82) is 0 Å². The van der Waals surface area contributed by atoms with Gasteiger partial charge in [-0.3, -0.25) is 14.5 Å². The Bertz CT molecular complexity index is 1320. The Morgan fingerprint density at radius 3 is 2.63 bits per heavy atom. The van der Waals surface area contributed by atoms with Gasteiger partial charge in [-0.2, -0.15) is 17.9 Å². The number of β-lactam (4-membered cyclic amide) rings is 1. The van der Waals surface area contributed by atoms with Crippen LogP contribution in [-0.2, 0) is 30.8 Å². The fraction of sp³-hybridized carbons (Fsp3) is 0.273. The first-order chi connectivity index (χ1) is 16.6. The third-order valence-electron chi connectivity index (χ3n) is 5.47. The van der Waals surface area contributed by atoms with Gasteiger partial charge in [-0.25, -0.2) is 4.79 Å². The predicted molar refractivity (Wildman–Crippen MR) is 132 cm³/mol. The van der Waals surface area contributed by atoms with Crippen molar-refractivity contribution in [2.75, 3.05) is 12.8 Å². The molecule has 0 unspecified atom stereocenters. The summed E-state index contributed by atoms with van der Waals surface area (Å²) >= 11 is 2.71. The van der Waals surface area contributed by atoms with E-state index in [4.69, 9.17) is 0 Å². The van der Waals surface area contributed by atoms with Crippen LogP contribution in [0.3, 0.4) is 0 Å². The SMILES string of the molecule is Cc1ccc(S(=O)(=O)N(C)/N=C/C2=C(C(=O)O)N3C(=O)[C@@H](NC(=O)Cc4cccs4)[C@H]3SC2)cc1. The number of carbonyl (C=O) groups is 3. The number of nitrogens with one attached hydrogen (secondary N) is 1. The monoisotopic (exact) mass is 534 g/mol. The minimum atomic E-state index is -3.93. The zero-order chi connectivity index (χ0) is 25.3. The number of rotatable bonds is 8. The number of hydrazone groups is 1. The predicted octanol–water partition coefficient (Wildman–Crippen LogP) is 1.64. The second-order valence-corrected chi connectivity index (χ2v) is 12.0. The summed E-state index contributed by atoms with van der Waals surface area (Å²) in [7, 11) is -2.68. The van der Waals surface area contributed by atoms with Gasteiger partial charge in [-0.05, 0) is 30.5 Å². The first-order valence-corrected chi connectivity index (χ1v) is 13.8. The number of carboxylic acids is 1. The molecule has 13 heteroatoms. The average molecular weight is 535 g/mol. The minimum absolute atomic E-state index is 0.0484. The summed E-state index contributed by atoms with van der Waals surface area (Å²) in [4.78, 5) is 39.1. The van der Waals surface area contributed by atoms with Gasteiger partial charge in [0.05, 0.1) is 17.5 Å². The molecular weight excluding hydrogens is 512 g/mol. The zero-order valence-corrected chi connectivity index (χ0v) is 21.2. The minimum Gasteiger partial charge on any atom is -0.477 e. The molecule has 35 heavy (non-hydrogen) atoms. The van der Waals surface area contributed by atoms with Crippen LogP contribution in [-0.4, -0.2) is 71.1 Å². The van der Waals surface area contributed by atoms with E-state index in [2.05, 4.69) is 10.4 Å². The summed E-state index contributed by atoms with van der Waals surface area (Å²) in [6.07, 6.45) is 1.29. The summed E-state index contributed by atoms with van der Waals surface area (Å²) in [5.41, 5.74) is 0.828. The molecule has 2 aromatic rings. The van der Waals surface area contributed by atoms with Gasteiger partial charge < -0.3 is 10.4 Å². The molecule has 2 amide bonds. The van der Waals surface area contributed by atoms with Crippen LogP contribution in [0.15, 0.2) is 63.0 Å². The van der Waals surface area contributed by atoms with Gasteiger partial charge in [0.25, 0.3) is 15.9 Å². The van der Waals surface area contributed by atoms with E-state index in [1.165, 1.54) is 42.3 Å². The van der Waals surface area contributed by atoms with Crippen LogP contribution in [0.1, 0.15) is 10.4 Å². The third kappa shape index (κ3) is 4.97. The molecule has 10 nitrogen and oxygen atoms in total. The molecule has 2 aliphatic rings. The first-order valence-electron chi connectivity index (χ1n) is 10.4. The molecule has 2 aliphatic heterocycles. The maximum Gasteiger partial charge on any atom is 0.353 e. The molecule has 2 N–H and O–H groups in total. The zero-order valence-electron chi connectivity index (χ0n) is 18.7. The maximum absolute atomic E-state index is 12.8. The topological polar surface area (TPSA) is 136 Å². The number of benzene rings is 1. The van der Waals surface area contributed by atoms with Crippen LogP contribution < -0.4 is 5.32 Å². The molecule has 1 aromatic carbocycles. The highest BCUT2D eigenvalue weighted by Gasteiger charge is 2.54.